The van der Waals surface area contributed by atoms with Gasteiger partial charge in [-0.25, -0.2) is 0 Å². The second kappa shape index (κ2) is 5.00. The lowest BCUT2D eigenvalue weighted by molar-refractivity contribution is -0.141. The molecule has 4 bridgehead atoms. The summed E-state index contributed by atoms with van der Waals surface area (Å²) in [7, 11) is 0. The second-order valence-electron chi connectivity index (χ2n) is 10.9. The summed E-state index contributed by atoms with van der Waals surface area (Å²) in [6.07, 6.45) is 12.2. The summed E-state index contributed by atoms with van der Waals surface area (Å²) in [5.41, 5.74) is 1.89. The Morgan fingerprint density at radius 2 is 1.14 bits per heavy atom. The van der Waals surface area contributed by atoms with Gasteiger partial charge in [0.25, 0.3) is 0 Å². The van der Waals surface area contributed by atoms with Crippen LogP contribution in [-0.4, -0.2) is 0 Å². The predicted octanol–water partition coefficient (Wildman–Crippen LogP) is 6.69. The Labute approximate surface area is 133 Å². The maximum Gasteiger partial charge on any atom is -0.0249 e. The van der Waals surface area contributed by atoms with Gasteiger partial charge in [0, 0.05) is 0 Å². The number of rotatable bonds is 0. The van der Waals surface area contributed by atoms with Gasteiger partial charge in [-0.1, -0.05) is 41.5 Å². The molecule has 6 rings (SSSR count). The molecule has 0 aromatic heterocycles. The quantitative estimate of drug-likeness (QED) is 0.466. The van der Waals surface area contributed by atoms with Crippen molar-refractivity contribution >= 4 is 0 Å². The third-order valence-corrected chi connectivity index (χ3v) is 7.91. The molecule has 0 saturated heterocycles. The van der Waals surface area contributed by atoms with Crippen LogP contribution in [0.2, 0.25) is 0 Å². The Morgan fingerprint density at radius 1 is 0.714 bits per heavy atom. The zero-order valence-electron chi connectivity index (χ0n) is 15.5. The molecule has 0 amide bonds. The first-order valence-corrected chi connectivity index (χ1v) is 9.62. The third-order valence-electron chi connectivity index (χ3n) is 7.91. The van der Waals surface area contributed by atoms with Crippen LogP contribution >= 0.6 is 0 Å². The standard InChI is InChI=1S/C12H22.C9H16/c1-11(2,3)12-7-4-10(5-8-12)6-9-12;1-9(2,3)8-6-4-7(8)5-6/h10H,4-9H2,1-3H3;6-8H,4-5H2,1-3H3. The summed E-state index contributed by atoms with van der Waals surface area (Å²) < 4.78 is 0. The van der Waals surface area contributed by atoms with E-state index in [9.17, 15) is 0 Å². The van der Waals surface area contributed by atoms with Gasteiger partial charge in [-0.2, -0.15) is 0 Å². The summed E-state index contributed by atoms with van der Waals surface area (Å²) in [5.74, 6) is 4.47. The van der Waals surface area contributed by atoms with Gasteiger partial charge in [0.1, 0.15) is 0 Å². The fraction of sp³-hybridized carbons (Fsp3) is 1.00. The molecule has 21 heavy (non-hydrogen) atoms. The van der Waals surface area contributed by atoms with Crippen molar-refractivity contribution in [3.63, 3.8) is 0 Å². The van der Waals surface area contributed by atoms with Crippen LogP contribution < -0.4 is 0 Å². The highest BCUT2D eigenvalue weighted by Crippen LogP contribution is 2.64. The van der Waals surface area contributed by atoms with Crippen LogP contribution in [-0.2, 0) is 0 Å². The van der Waals surface area contributed by atoms with E-state index in [0.717, 1.165) is 29.1 Å². The minimum absolute atomic E-state index is 0.554. The van der Waals surface area contributed by atoms with Gasteiger partial charge in [0.05, 0.1) is 0 Å². The van der Waals surface area contributed by atoms with Gasteiger partial charge in [-0.15, -0.1) is 0 Å². The maximum absolute atomic E-state index is 2.44. The largest absolute Gasteiger partial charge is 0.0599 e. The molecule has 0 N–H and O–H groups in total. The number of hydrogen-bond donors (Lipinski definition) is 0. The van der Waals surface area contributed by atoms with Crippen molar-refractivity contribution in [3.8, 4) is 0 Å². The van der Waals surface area contributed by atoms with E-state index in [1.54, 1.807) is 12.8 Å². The first-order valence-electron chi connectivity index (χ1n) is 9.62. The van der Waals surface area contributed by atoms with E-state index in [0.29, 0.717) is 10.8 Å². The average Bonchev–Trinajstić information content (AvgIpc) is 2.24. The summed E-state index contributed by atoms with van der Waals surface area (Å²) in [6, 6.07) is 0. The van der Waals surface area contributed by atoms with Gasteiger partial charge in [0.15, 0.2) is 0 Å². The van der Waals surface area contributed by atoms with Gasteiger partial charge >= 0.3 is 0 Å². The third kappa shape index (κ3) is 2.70. The minimum atomic E-state index is 0.554. The minimum Gasteiger partial charge on any atom is -0.0599 e. The highest BCUT2D eigenvalue weighted by atomic mass is 14.6. The number of hydrogen-bond acceptors (Lipinski definition) is 0. The molecule has 122 valence electrons. The molecule has 0 radical (unpaired) electrons. The van der Waals surface area contributed by atoms with Crippen LogP contribution in [0.25, 0.3) is 0 Å². The van der Waals surface area contributed by atoms with E-state index < -0.39 is 0 Å². The van der Waals surface area contributed by atoms with E-state index in [2.05, 4.69) is 41.5 Å². The molecule has 0 nitrogen and oxygen atoms in total. The fourth-order valence-electron chi connectivity index (χ4n) is 6.08. The summed E-state index contributed by atoms with van der Waals surface area (Å²) >= 11 is 0. The SMILES string of the molecule is CC(C)(C)C12CCC(CC1)CC2.CC(C)(C)C1C2CC1C2. The zero-order chi connectivity index (χ0) is 15.5. The topological polar surface area (TPSA) is 0 Å². The molecule has 0 atom stereocenters. The highest BCUT2D eigenvalue weighted by molar-refractivity contribution is 5.05. The fourth-order valence-corrected chi connectivity index (χ4v) is 6.08. The molecular formula is C21H38. The Bertz CT molecular complexity index is 342. The molecule has 6 fully saturated rings. The first-order chi connectivity index (χ1) is 9.62. The average molecular weight is 291 g/mol. The second-order valence-corrected chi connectivity index (χ2v) is 10.9. The van der Waals surface area contributed by atoms with Gasteiger partial charge < -0.3 is 0 Å². The van der Waals surface area contributed by atoms with Crippen LogP contribution in [0.3, 0.4) is 0 Å². The smallest absolute Gasteiger partial charge is 0.0249 e. The van der Waals surface area contributed by atoms with Crippen molar-refractivity contribution in [3.05, 3.63) is 0 Å². The van der Waals surface area contributed by atoms with Crippen molar-refractivity contribution in [2.45, 2.75) is 92.9 Å². The number of fused-ring (bicyclic) bond motifs is 3. The van der Waals surface area contributed by atoms with Crippen LogP contribution in [0.15, 0.2) is 0 Å². The van der Waals surface area contributed by atoms with E-state index >= 15 is 0 Å². The molecule has 0 aliphatic heterocycles. The molecule has 0 aromatic rings. The lowest BCUT2D eigenvalue weighted by Crippen LogP contribution is -2.55. The van der Waals surface area contributed by atoms with Gasteiger partial charge in [-0.3, -0.25) is 0 Å². The maximum atomic E-state index is 2.44. The van der Waals surface area contributed by atoms with E-state index in [1.807, 2.05) is 0 Å². The predicted molar refractivity (Wildman–Crippen MR) is 92.2 cm³/mol. The van der Waals surface area contributed by atoms with Crippen molar-refractivity contribution in [1.82, 2.24) is 0 Å². The molecule has 0 spiro atoms. The van der Waals surface area contributed by atoms with Crippen LogP contribution in [0.4, 0.5) is 0 Å². The van der Waals surface area contributed by atoms with Crippen molar-refractivity contribution in [1.29, 1.82) is 0 Å². The molecule has 0 heteroatoms. The van der Waals surface area contributed by atoms with E-state index in [-0.39, 0.29) is 0 Å². The summed E-state index contributed by atoms with van der Waals surface area (Å²) in [4.78, 5) is 0. The van der Waals surface area contributed by atoms with Crippen molar-refractivity contribution < 1.29 is 0 Å². The lowest BCUT2D eigenvalue weighted by Gasteiger charge is -2.63. The van der Waals surface area contributed by atoms with E-state index in [4.69, 9.17) is 0 Å². The molecule has 6 saturated carbocycles. The zero-order valence-corrected chi connectivity index (χ0v) is 15.5. The Hall–Kier alpha value is 0. The lowest BCUT2D eigenvalue weighted by atomic mass is 9.42. The van der Waals surface area contributed by atoms with E-state index in [1.165, 1.54) is 38.5 Å². The molecule has 6 aliphatic carbocycles. The van der Waals surface area contributed by atoms with Crippen LogP contribution in [0, 0.1) is 39.9 Å². The van der Waals surface area contributed by atoms with Crippen molar-refractivity contribution in [2.75, 3.05) is 0 Å². The first kappa shape index (κ1) is 15.9. The summed E-state index contributed by atoms with van der Waals surface area (Å²) in [5, 5.41) is 0. The highest BCUT2D eigenvalue weighted by Gasteiger charge is 2.56. The molecular weight excluding hydrogens is 252 g/mol. The van der Waals surface area contributed by atoms with Crippen LogP contribution in [0.1, 0.15) is 92.9 Å². The Kier molecular flexibility index (Phi) is 3.78. The summed E-state index contributed by atoms with van der Waals surface area (Å²) in [6.45, 7) is 14.5. The van der Waals surface area contributed by atoms with Gasteiger partial charge in [0.2, 0.25) is 0 Å². The van der Waals surface area contributed by atoms with Crippen molar-refractivity contribution in [2.24, 2.45) is 39.9 Å². The Morgan fingerprint density at radius 3 is 1.29 bits per heavy atom. The molecule has 6 aliphatic rings. The monoisotopic (exact) mass is 290 g/mol. The Balaban J connectivity index is 0.000000131. The van der Waals surface area contributed by atoms with Crippen LogP contribution in [0.5, 0.6) is 0 Å². The normalized spacial score (nSPS) is 44.3. The van der Waals surface area contributed by atoms with Gasteiger partial charge in [-0.05, 0) is 91.3 Å². The molecule has 0 heterocycles. The molecule has 0 unspecified atom stereocenters. The molecule has 0 aromatic carbocycles.